The maximum Gasteiger partial charge on any atom is 0.150 e. The van der Waals surface area contributed by atoms with Crippen LogP contribution in [0, 0.1) is 6.92 Å². The maximum atomic E-state index is 10.2. The SMILES string of the molecule is C/C=C/c1ccccc1.C=C/C=C(C=C)/C=C/C=O.CC.CC.Cc1cccc(C=O)c1. The van der Waals surface area contributed by atoms with Crippen LogP contribution in [-0.2, 0) is 4.79 Å². The van der Waals surface area contributed by atoms with Crippen molar-refractivity contribution >= 4 is 18.6 Å². The minimum Gasteiger partial charge on any atom is -0.299 e. The second-order valence-corrected chi connectivity index (χ2v) is 5.54. The van der Waals surface area contributed by atoms with Crippen LogP contribution in [0.5, 0.6) is 0 Å². The average Bonchev–Trinajstić information content (AvgIpc) is 2.86. The fourth-order valence-electron chi connectivity index (χ4n) is 1.98. The first-order valence-electron chi connectivity index (χ1n) is 10.9. The molecule has 0 fully saturated rings. The molecule has 0 saturated heterocycles. The quantitative estimate of drug-likeness (QED) is 0.260. The highest BCUT2D eigenvalue weighted by Crippen LogP contribution is 2.00. The first kappa shape index (κ1) is 33.1. The number of carbonyl (C=O) groups excluding carboxylic acids is 2. The lowest BCUT2D eigenvalue weighted by atomic mass is 10.2. The third kappa shape index (κ3) is 21.2. The molecule has 0 aliphatic heterocycles. The molecule has 0 saturated carbocycles. The number of carbonyl (C=O) groups is 2. The van der Waals surface area contributed by atoms with Crippen LogP contribution >= 0.6 is 0 Å². The minimum atomic E-state index is 0.723. The van der Waals surface area contributed by atoms with E-state index in [0.717, 1.165) is 29.3 Å². The van der Waals surface area contributed by atoms with Crippen molar-refractivity contribution in [3.8, 4) is 0 Å². The fourth-order valence-corrected chi connectivity index (χ4v) is 1.98. The zero-order chi connectivity index (χ0) is 25.0. The Morgan fingerprint density at radius 3 is 1.84 bits per heavy atom. The number of rotatable bonds is 6. The minimum absolute atomic E-state index is 0.723. The Labute approximate surface area is 196 Å². The Hall–Kier alpha value is -3.52. The highest BCUT2D eigenvalue weighted by Gasteiger charge is 1.86. The monoisotopic (exact) mass is 432 g/mol. The number of aldehydes is 2. The molecule has 0 N–H and O–H groups in total. The Bertz CT molecular complexity index is 810. The van der Waals surface area contributed by atoms with Crippen molar-refractivity contribution in [2.45, 2.75) is 41.5 Å². The van der Waals surface area contributed by atoms with E-state index in [0.29, 0.717) is 0 Å². The van der Waals surface area contributed by atoms with E-state index >= 15 is 0 Å². The summed E-state index contributed by atoms with van der Waals surface area (Å²) in [5.74, 6) is 0. The van der Waals surface area contributed by atoms with E-state index in [2.05, 4.69) is 31.4 Å². The van der Waals surface area contributed by atoms with Crippen LogP contribution in [0.15, 0.2) is 110 Å². The van der Waals surface area contributed by atoms with E-state index in [9.17, 15) is 9.59 Å². The lowest BCUT2D eigenvalue weighted by molar-refractivity contribution is -0.104. The molecule has 0 unspecified atom stereocenters. The van der Waals surface area contributed by atoms with Crippen LogP contribution < -0.4 is 0 Å². The molecule has 0 aliphatic carbocycles. The van der Waals surface area contributed by atoms with Gasteiger partial charge in [0.05, 0.1) is 0 Å². The Balaban J connectivity index is -0.000000365. The van der Waals surface area contributed by atoms with Crippen molar-refractivity contribution < 1.29 is 9.59 Å². The average molecular weight is 433 g/mol. The van der Waals surface area contributed by atoms with E-state index in [-0.39, 0.29) is 0 Å². The number of allylic oxidation sites excluding steroid dienone is 7. The zero-order valence-corrected chi connectivity index (χ0v) is 20.6. The van der Waals surface area contributed by atoms with E-state index < -0.39 is 0 Å². The topological polar surface area (TPSA) is 34.1 Å². The summed E-state index contributed by atoms with van der Waals surface area (Å²) >= 11 is 0. The van der Waals surface area contributed by atoms with Crippen molar-refractivity contribution in [2.24, 2.45) is 0 Å². The van der Waals surface area contributed by atoms with Gasteiger partial charge in [0, 0.05) is 5.56 Å². The van der Waals surface area contributed by atoms with E-state index in [4.69, 9.17) is 0 Å². The van der Waals surface area contributed by atoms with Gasteiger partial charge in [-0.3, -0.25) is 9.59 Å². The Morgan fingerprint density at radius 1 is 0.844 bits per heavy atom. The van der Waals surface area contributed by atoms with Gasteiger partial charge in [-0.1, -0.05) is 131 Å². The van der Waals surface area contributed by atoms with Crippen LogP contribution in [0.1, 0.15) is 56.1 Å². The van der Waals surface area contributed by atoms with Gasteiger partial charge < -0.3 is 0 Å². The molecule has 0 aromatic heterocycles. The van der Waals surface area contributed by atoms with Gasteiger partial charge in [0.2, 0.25) is 0 Å². The molecule has 172 valence electrons. The van der Waals surface area contributed by atoms with Gasteiger partial charge in [-0.05, 0) is 37.1 Å². The molecule has 0 heterocycles. The predicted molar refractivity (Wildman–Crippen MR) is 144 cm³/mol. The van der Waals surface area contributed by atoms with Crippen molar-refractivity contribution in [3.05, 3.63) is 126 Å². The van der Waals surface area contributed by atoms with Crippen LogP contribution in [0.2, 0.25) is 0 Å². The lowest BCUT2D eigenvalue weighted by Gasteiger charge is -1.89. The van der Waals surface area contributed by atoms with Gasteiger partial charge in [-0.25, -0.2) is 0 Å². The van der Waals surface area contributed by atoms with E-state index in [1.165, 1.54) is 11.6 Å². The van der Waals surface area contributed by atoms with Gasteiger partial charge >= 0.3 is 0 Å². The van der Waals surface area contributed by atoms with Gasteiger partial charge in [0.1, 0.15) is 12.6 Å². The molecule has 0 spiro atoms. The third-order valence-electron chi connectivity index (χ3n) is 3.25. The molecule has 0 bridgehead atoms. The summed E-state index contributed by atoms with van der Waals surface area (Å²) in [5, 5.41) is 0. The Kier molecular flexibility index (Phi) is 28.4. The van der Waals surface area contributed by atoms with Crippen LogP contribution in [-0.4, -0.2) is 12.6 Å². The molecule has 32 heavy (non-hydrogen) atoms. The largest absolute Gasteiger partial charge is 0.299 e. The summed E-state index contributed by atoms with van der Waals surface area (Å²) in [7, 11) is 0. The predicted octanol–water partition coefficient (Wildman–Crippen LogP) is 8.62. The molecule has 2 nitrogen and oxygen atoms in total. The van der Waals surface area contributed by atoms with Crippen molar-refractivity contribution in [1.82, 2.24) is 0 Å². The van der Waals surface area contributed by atoms with E-state index in [1.54, 1.807) is 30.4 Å². The molecule has 0 radical (unpaired) electrons. The summed E-state index contributed by atoms with van der Waals surface area (Å²) in [6.45, 7) is 19.0. The summed E-state index contributed by atoms with van der Waals surface area (Å²) in [4.78, 5) is 20.0. The second kappa shape index (κ2) is 27.5. The van der Waals surface area contributed by atoms with Gasteiger partial charge in [0.15, 0.2) is 0 Å². The first-order chi connectivity index (χ1) is 15.6. The molecule has 2 rings (SSSR count). The number of hydrogen-bond donors (Lipinski definition) is 0. The van der Waals surface area contributed by atoms with Gasteiger partial charge in [-0.15, -0.1) is 0 Å². The van der Waals surface area contributed by atoms with Crippen molar-refractivity contribution in [3.63, 3.8) is 0 Å². The lowest BCUT2D eigenvalue weighted by Crippen LogP contribution is -1.78. The zero-order valence-electron chi connectivity index (χ0n) is 20.6. The molecule has 0 aliphatic rings. The first-order valence-corrected chi connectivity index (χ1v) is 10.9. The normalized spacial score (nSPS) is 9.38. The summed E-state index contributed by atoms with van der Waals surface area (Å²) in [6.07, 6.45) is 13.8. The van der Waals surface area contributed by atoms with Crippen LogP contribution in [0.3, 0.4) is 0 Å². The highest BCUT2D eigenvalue weighted by molar-refractivity contribution is 5.74. The van der Waals surface area contributed by atoms with Gasteiger partial charge in [0.25, 0.3) is 0 Å². The number of hydrogen-bond acceptors (Lipinski definition) is 2. The van der Waals surface area contributed by atoms with Crippen LogP contribution in [0.4, 0.5) is 0 Å². The Morgan fingerprint density at radius 2 is 1.44 bits per heavy atom. The molecule has 0 amide bonds. The summed E-state index contributed by atoms with van der Waals surface area (Å²) < 4.78 is 0. The third-order valence-corrected chi connectivity index (χ3v) is 3.25. The molecule has 2 heteroatoms. The second-order valence-electron chi connectivity index (χ2n) is 5.54. The molecule has 0 atom stereocenters. The van der Waals surface area contributed by atoms with E-state index in [1.807, 2.05) is 84.0 Å². The number of aryl methyl sites for hydroxylation is 1. The highest BCUT2D eigenvalue weighted by atomic mass is 16.1. The standard InChI is InChI=1S/C9H10O.C9H10.C8H8O.2C2H6/c1-3-6-9(4-2)7-5-8-10;1-2-6-9-7-4-3-5-8-9;1-7-3-2-4-8(5-7)6-9;2*1-2/h3-8H,1-2H2;2-8H,1H3;2-6H,1H3;2*1-2H3/b7-5+,9-6+;6-2+;;;. The molecular weight excluding hydrogens is 392 g/mol. The smallest absolute Gasteiger partial charge is 0.150 e. The fraction of sp³-hybridized carbons (Fsp3) is 0.200. The van der Waals surface area contributed by atoms with Crippen molar-refractivity contribution in [1.29, 1.82) is 0 Å². The molecular formula is C30H40O2. The number of benzene rings is 2. The summed E-state index contributed by atoms with van der Waals surface area (Å²) in [5.41, 5.74) is 4.01. The van der Waals surface area contributed by atoms with Crippen molar-refractivity contribution in [2.75, 3.05) is 0 Å². The molecule has 2 aromatic carbocycles. The maximum absolute atomic E-state index is 10.2. The van der Waals surface area contributed by atoms with Crippen LogP contribution in [0.25, 0.3) is 6.08 Å². The summed E-state index contributed by atoms with van der Waals surface area (Å²) in [6, 6.07) is 17.7. The van der Waals surface area contributed by atoms with Gasteiger partial charge in [-0.2, -0.15) is 0 Å². The molecule has 2 aromatic rings.